The fourth-order valence-electron chi connectivity index (χ4n) is 1.96. The quantitative estimate of drug-likeness (QED) is 0.363. The number of benzene rings is 1. The molecule has 3 nitrogen and oxygen atoms in total. The Hall–Kier alpha value is -2.21. The van der Waals surface area contributed by atoms with Gasteiger partial charge in [-0.15, -0.1) is 11.8 Å². The summed E-state index contributed by atoms with van der Waals surface area (Å²) in [5.74, 6) is 0.575. The minimum atomic E-state index is -0.806. The lowest BCUT2D eigenvalue weighted by molar-refractivity contribution is 0.229. The van der Waals surface area contributed by atoms with Crippen LogP contribution in [0, 0.1) is 0 Å². The summed E-state index contributed by atoms with van der Waals surface area (Å²) in [5.41, 5.74) is 7.72. The van der Waals surface area contributed by atoms with Gasteiger partial charge in [0.05, 0.1) is 12.4 Å². The number of alkyl halides is 1. The minimum absolute atomic E-state index is 0.181. The maximum absolute atomic E-state index is 13.5. The Morgan fingerprint density at radius 1 is 1.32 bits per heavy atom. The molecule has 1 aromatic rings. The van der Waals surface area contributed by atoms with E-state index in [1.54, 1.807) is 36.6 Å². The first-order valence-electron chi connectivity index (χ1n) is 7.65. The third-order valence-corrected chi connectivity index (χ3v) is 4.30. The van der Waals surface area contributed by atoms with Crippen LogP contribution in [-0.2, 0) is 4.74 Å². The Bertz CT molecular complexity index is 679. The molecule has 0 aromatic heterocycles. The van der Waals surface area contributed by atoms with Gasteiger partial charge in [-0.3, -0.25) is 0 Å². The second kappa shape index (κ2) is 10.6. The number of rotatable bonds is 9. The number of phenols is 1. The molecular weight excluding hydrogens is 344 g/mol. The molecule has 0 saturated carbocycles. The molecule has 1 rings (SSSR count). The van der Waals surface area contributed by atoms with E-state index >= 15 is 0 Å². The Kier molecular flexibility index (Phi) is 8.84. The van der Waals surface area contributed by atoms with Crippen LogP contribution < -0.4 is 5.73 Å². The first kappa shape index (κ1) is 20.8. The number of phenolic OH excluding ortho intramolecular Hbond substituents is 1. The van der Waals surface area contributed by atoms with Crippen molar-refractivity contribution in [1.29, 1.82) is 0 Å². The normalized spacial score (nSPS) is 13.8. The lowest BCUT2D eigenvalue weighted by Crippen LogP contribution is -2.02. The maximum atomic E-state index is 13.5. The minimum Gasteiger partial charge on any atom is -0.508 e. The van der Waals surface area contributed by atoms with Crippen molar-refractivity contribution in [3.63, 3.8) is 0 Å². The molecule has 0 fully saturated rings. The number of halogens is 2. The molecule has 0 saturated heterocycles. The van der Waals surface area contributed by atoms with Crippen LogP contribution in [0.3, 0.4) is 0 Å². The third-order valence-electron chi connectivity index (χ3n) is 3.48. The molecule has 136 valence electrons. The first-order chi connectivity index (χ1) is 11.9. The summed E-state index contributed by atoms with van der Waals surface area (Å²) in [6.07, 6.45) is 1.05. The average molecular weight is 367 g/mol. The van der Waals surface area contributed by atoms with Gasteiger partial charge in [-0.1, -0.05) is 6.58 Å². The fraction of sp³-hybridized carbons (Fsp3) is 0.263. The predicted molar refractivity (Wildman–Crippen MR) is 101 cm³/mol. The van der Waals surface area contributed by atoms with E-state index in [0.29, 0.717) is 23.8 Å². The van der Waals surface area contributed by atoms with Crippen molar-refractivity contribution in [2.75, 3.05) is 19.0 Å². The van der Waals surface area contributed by atoms with E-state index in [9.17, 15) is 13.9 Å². The van der Waals surface area contributed by atoms with E-state index in [-0.39, 0.29) is 16.9 Å². The Morgan fingerprint density at radius 3 is 2.52 bits per heavy atom. The fourth-order valence-corrected chi connectivity index (χ4v) is 2.57. The van der Waals surface area contributed by atoms with Gasteiger partial charge in [0.15, 0.2) is 0 Å². The van der Waals surface area contributed by atoms with Crippen molar-refractivity contribution < 1.29 is 18.6 Å². The Balaban J connectivity index is 2.56. The van der Waals surface area contributed by atoms with Gasteiger partial charge in [0.1, 0.15) is 18.3 Å². The van der Waals surface area contributed by atoms with Crippen molar-refractivity contribution in [1.82, 2.24) is 0 Å². The van der Waals surface area contributed by atoms with Crippen LogP contribution in [0.2, 0.25) is 0 Å². The molecule has 25 heavy (non-hydrogen) atoms. The molecule has 1 aromatic carbocycles. The molecule has 0 radical (unpaired) electrons. The standard InChI is InChI=1S/C19H23F2NO2S/c1-4-18(21)13(2)17(11-20)14(3)24-9-10-25-12-19(22)15-5-7-16(23)8-6-15/h4-8,12,23H,1,9-11,22H2,2-3H3/b17-14+,18-13+,19-12-. The van der Waals surface area contributed by atoms with Crippen LogP contribution in [0.1, 0.15) is 19.4 Å². The van der Waals surface area contributed by atoms with E-state index in [4.69, 9.17) is 10.5 Å². The smallest absolute Gasteiger partial charge is 0.126 e. The van der Waals surface area contributed by atoms with Crippen LogP contribution in [0.25, 0.3) is 5.70 Å². The lowest BCUT2D eigenvalue weighted by Gasteiger charge is -2.12. The molecule has 0 amide bonds. The first-order valence-corrected chi connectivity index (χ1v) is 8.69. The highest BCUT2D eigenvalue weighted by atomic mass is 32.2. The van der Waals surface area contributed by atoms with Crippen molar-refractivity contribution in [3.8, 4) is 5.75 Å². The molecule has 0 aliphatic rings. The highest BCUT2D eigenvalue weighted by molar-refractivity contribution is 8.02. The maximum Gasteiger partial charge on any atom is 0.126 e. The zero-order chi connectivity index (χ0) is 18.8. The molecular formula is C19H23F2NO2S. The van der Waals surface area contributed by atoms with Gasteiger partial charge in [-0.05, 0) is 60.7 Å². The number of nitrogens with two attached hydrogens (primary N) is 1. The van der Waals surface area contributed by atoms with Gasteiger partial charge in [0, 0.05) is 17.0 Å². The summed E-state index contributed by atoms with van der Waals surface area (Å²) in [7, 11) is 0. The molecule has 0 atom stereocenters. The third kappa shape index (κ3) is 6.66. The number of hydrogen-bond donors (Lipinski definition) is 2. The molecule has 6 heteroatoms. The Morgan fingerprint density at radius 2 is 1.96 bits per heavy atom. The molecule has 0 unspecified atom stereocenters. The zero-order valence-electron chi connectivity index (χ0n) is 14.4. The van der Waals surface area contributed by atoms with Gasteiger partial charge in [-0.2, -0.15) is 0 Å². The van der Waals surface area contributed by atoms with Crippen molar-refractivity contribution in [2.45, 2.75) is 13.8 Å². The van der Waals surface area contributed by atoms with Gasteiger partial charge in [-0.25, -0.2) is 8.78 Å². The predicted octanol–water partition coefficient (Wildman–Crippen LogP) is 5.07. The van der Waals surface area contributed by atoms with E-state index in [2.05, 4.69) is 6.58 Å². The van der Waals surface area contributed by atoms with Crippen LogP contribution in [0.5, 0.6) is 5.75 Å². The van der Waals surface area contributed by atoms with Gasteiger partial charge in [0.25, 0.3) is 0 Å². The highest BCUT2D eigenvalue weighted by Gasteiger charge is 2.10. The summed E-state index contributed by atoms with van der Waals surface area (Å²) < 4.78 is 32.1. The number of thioether (sulfide) groups is 1. The van der Waals surface area contributed by atoms with E-state index in [1.807, 2.05) is 0 Å². The molecule has 0 spiro atoms. The summed E-state index contributed by atoms with van der Waals surface area (Å²) in [6.45, 7) is 5.97. The van der Waals surface area contributed by atoms with Crippen LogP contribution in [-0.4, -0.2) is 24.1 Å². The van der Waals surface area contributed by atoms with Gasteiger partial charge in [0.2, 0.25) is 0 Å². The number of ether oxygens (including phenoxy) is 1. The summed E-state index contributed by atoms with van der Waals surface area (Å²) >= 11 is 1.45. The van der Waals surface area contributed by atoms with Crippen molar-refractivity contribution in [3.05, 3.63) is 70.6 Å². The summed E-state index contributed by atoms with van der Waals surface area (Å²) in [6, 6.07) is 6.58. The largest absolute Gasteiger partial charge is 0.508 e. The monoisotopic (exact) mass is 367 g/mol. The molecule has 0 heterocycles. The topological polar surface area (TPSA) is 55.5 Å². The second-order valence-corrected chi connectivity index (χ2v) is 6.16. The number of hydrogen-bond acceptors (Lipinski definition) is 4. The Labute approximate surface area is 151 Å². The van der Waals surface area contributed by atoms with E-state index < -0.39 is 12.5 Å². The van der Waals surface area contributed by atoms with Crippen LogP contribution in [0.15, 0.2) is 65.1 Å². The van der Waals surface area contributed by atoms with E-state index in [0.717, 1.165) is 11.6 Å². The SMILES string of the molecule is C=C/C(F)=C(C)\C(CF)=C(/C)OCCS/C=C(\N)c1ccc(O)cc1. The van der Waals surface area contributed by atoms with Crippen molar-refractivity contribution in [2.24, 2.45) is 5.73 Å². The second-order valence-electron chi connectivity index (χ2n) is 5.18. The average Bonchev–Trinajstić information content (AvgIpc) is 2.61. The molecule has 0 aliphatic heterocycles. The van der Waals surface area contributed by atoms with E-state index in [1.165, 1.54) is 18.7 Å². The molecule has 3 N–H and O–H groups in total. The summed E-state index contributed by atoms with van der Waals surface area (Å²) in [5, 5.41) is 11.0. The number of aromatic hydroxyl groups is 1. The van der Waals surface area contributed by atoms with Crippen LogP contribution in [0.4, 0.5) is 8.78 Å². The zero-order valence-corrected chi connectivity index (χ0v) is 15.2. The molecule has 0 bridgehead atoms. The number of allylic oxidation sites excluding steroid dienone is 5. The van der Waals surface area contributed by atoms with Gasteiger partial charge < -0.3 is 15.6 Å². The van der Waals surface area contributed by atoms with Crippen LogP contribution >= 0.6 is 11.8 Å². The van der Waals surface area contributed by atoms with Crippen molar-refractivity contribution >= 4 is 17.5 Å². The summed E-state index contributed by atoms with van der Waals surface area (Å²) in [4.78, 5) is 0. The highest BCUT2D eigenvalue weighted by Crippen LogP contribution is 2.22. The lowest BCUT2D eigenvalue weighted by atomic mass is 10.1. The van der Waals surface area contributed by atoms with Gasteiger partial charge >= 0.3 is 0 Å². The molecule has 0 aliphatic carbocycles.